The van der Waals surface area contributed by atoms with Gasteiger partial charge in [0.05, 0.1) is 12.3 Å². The lowest BCUT2D eigenvalue weighted by molar-refractivity contribution is -0.121. The van der Waals surface area contributed by atoms with Gasteiger partial charge in [-0.2, -0.15) is 0 Å². The minimum absolute atomic E-state index is 0.0655. The summed E-state index contributed by atoms with van der Waals surface area (Å²) in [5, 5.41) is 5.01. The number of thiophene rings is 1. The van der Waals surface area contributed by atoms with Crippen LogP contribution >= 0.6 is 11.3 Å². The maximum atomic E-state index is 11.9. The van der Waals surface area contributed by atoms with Crippen molar-refractivity contribution in [2.24, 2.45) is 0 Å². The lowest BCUT2D eigenvalue weighted by Gasteiger charge is -2.22. The highest BCUT2D eigenvalue weighted by Gasteiger charge is 2.17. The van der Waals surface area contributed by atoms with E-state index in [0.717, 1.165) is 12.2 Å². The van der Waals surface area contributed by atoms with Crippen LogP contribution in [0.4, 0.5) is 0 Å². The third-order valence-corrected chi connectivity index (χ3v) is 4.10. The number of aryl methyl sites for hydroxylation is 1. The Hall–Kier alpha value is -1.59. The van der Waals surface area contributed by atoms with Crippen molar-refractivity contribution < 1.29 is 9.21 Å². The SMILES string of the molecule is CN(C)C(CNC(=O)CCc1cccs1)c1ccco1. The van der Waals surface area contributed by atoms with E-state index in [1.54, 1.807) is 17.6 Å². The standard InChI is InChI=1S/C15H20N2O2S/c1-17(2)13(14-6-3-9-19-14)11-16-15(18)8-7-12-5-4-10-20-12/h3-6,9-10,13H,7-8,11H2,1-2H3,(H,16,18). The zero-order chi connectivity index (χ0) is 14.4. The molecule has 2 heterocycles. The second-order valence-electron chi connectivity index (χ2n) is 4.88. The summed E-state index contributed by atoms with van der Waals surface area (Å²) in [5.74, 6) is 0.949. The molecule has 20 heavy (non-hydrogen) atoms. The molecule has 2 aromatic rings. The fraction of sp³-hybridized carbons (Fsp3) is 0.400. The van der Waals surface area contributed by atoms with Gasteiger partial charge < -0.3 is 9.73 Å². The Bertz CT molecular complexity index is 506. The van der Waals surface area contributed by atoms with E-state index in [9.17, 15) is 4.79 Å². The fourth-order valence-electron chi connectivity index (χ4n) is 2.01. The van der Waals surface area contributed by atoms with Crippen LogP contribution in [0.3, 0.4) is 0 Å². The number of hydrogen-bond acceptors (Lipinski definition) is 4. The third kappa shape index (κ3) is 4.21. The Labute approximate surface area is 123 Å². The number of nitrogens with zero attached hydrogens (tertiary/aromatic N) is 1. The second kappa shape index (κ2) is 7.26. The van der Waals surface area contributed by atoms with Gasteiger partial charge in [0.25, 0.3) is 0 Å². The molecule has 0 aromatic carbocycles. The average Bonchev–Trinajstić information content (AvgIpc) is 3.09. The van der Waals surface area contributed by atoms with Crippen molar-refractivity contribution in [1.29, 1.82) is 0 Å². The van der Waals surface area contributed by atoms with Crippen LogP contribution in [0.2, 0.25) is 0 Å². The molecule has 1 atom stereocenters. The monoisotopic (exact) mass is 292 g/mol. The molecule has 0 bridgehead atoms. The lowest BCUT2D eigenvalue weighted by Crippen LogP contribution is -2.34. The number of amides is 1. The molecule has 5 heteroatoms. The zero-order valence-corrected chi connectivity index (χ0v) is 12.7. The van der Waals surface area contributed by atoms with E-state index in [-0.39, 0.29) is 11.9 Å². The molecule has 0 radical (unpaired) electrons. The van der Waals surface area contributed by atoms with Gasteiger partial charge in [-0.05, 0) is 44.1 Å². The molecular weight excluding hydrogens is 272 g/mol. The zero-order valence-electron chi connectivity index (χ0n) is 11.8. The summed E-state index contributed by atoms with van der Waals surface area (Å²) in [4.78, 5) is 15.2. The Morgan fingerprint density at radius 2 is 2.25 bits per heavy atom. The van der Waals surface area contributed by atoms with Gasteiger partial charge in [0, 0.05) is 17.8 Å². The van der Waals surface area contributed by atoms with Crippen LogP contribution in [0.1, 0.15) is 23.1 Å². The van der Waals surface area contributed by atoms with Crippen LogP contribution in [-0.2, 0) is 11.2 Å². The second-order valence-corrected chi connectivity index (χ2v) is 5.91. The molecule has 0 saturated heterocycles. The number of likely N-dealkylation sites (N-methyl/N-ethyl adjacent to an activating group) is 1. The maximum Gasteiger partial charge on any atom is 0.220 e. The summed E-state index contributed by atoms with van der Waals surface area (Å²) >= 11 is 1.69. The molecule has 1 N–H and O–H groups in total. The van der Waals surface area contributed by atoms with Gasteiger partial charge in [-0.1, -0.05) is 6.07 Å². The van der Waals surface area contributed by atoms with Gasteiger partial charge >= 0.3 is 0 Å². The van der Waals surface area contributed by atoms with E-state index in [2.05, 4.69) is 11.4 Å². The number of carbonyl (C=O) groups is 1. The molecule has 1 unspecified atom stereocenters. The average molecular weight is 292 g/mol. The summed E-state index contributed by atoms with van der Waals surface area (Å²) in [7, 11) is 3.95. The van der Waals surface area contributed by atoms with Crippen LogP contribution in [0.15, 0.2) is 40.3 Å². The van der Waals surface area contributed by atoms with Crippen LogP contribution in [0.5, 0.6) is 0 Å². The van der Waals surface area contributed by atoms with Crippen LogP contribution in [0, 0.1) is 0 Å². The minimum Gasteiger partial charge on any atom is -0.468 e. The molecule has 108 valence electrons. The molecule has 0 spiro atoms. The van der Waals surface area contributed by atoms with Crippen LogP contribution < -0.4 is 5.32 Å². The first-order valence-corrected chi connectivity index (χ1v) is 7.53. The molecular formula is C15H20N2O2S. The quantitative estimate of drug-likeness (QED) is 0.853. The maximum absolute atomic E-state index is 11.9. The molecule has 2 aromatic heterocycles. The third-order valence-electron chi connectivity index (χ3n) is 3.17. The van der Waals surface area contributed by atoms with E-state index < -0.39 is 0 Å². The van der Waals surface area contributed by atoms with E-state index >= 15 is 0 Å². The van der Waals surface area contributed by atoms with Crippen molar-refractivity contribution in [3.05, 3.63) is 46.5 Å². The van der Waals surface area contributed by atoms with Crippen LogP contribution in [0.25, 0.3) is 0 Å². The first-order chi connectivity index (χ1) is 9.66. The predicted octanol–water partition coefficient (Wildman–Crippen LogP) is 2.69. The van der Waals surface area contributed by atoms with Gasteiger partial charge in [-0.15, -0.1) is 11.3 Å². The van der Waals surface area contributed by atoms with Crippen molar-refractivity contribution in [3.63, 3.8) is 0 Å². The van der Waals surface area contributed by atoms with Crippen LogP contribution in [-0.4, -0.2) is 31.4 Å². The smallest absolute Gasteiger partial charge is 0.220 e. The number of carbonyl (C=O) groups excluding carboxylic acids is 1. The van der Waals surface area contributed by atoms with Gasteiger partial charge in [0.15, 0.2) is 0 Å². The molecule has 0 aliphatic heterocycles. The lowest BCUT2D eigenvalue weighted by atomic mass is 10.2. The van der Waals surface area contributed by atoms with E-state index in [1.165, 1.54) is 4.88 Å². The van der Waals surface area contributed by atoms with Crippen molar-refractivity contribution in [3.8, 4) is 0 Å². The Balaban J connectivity index is 1.79. The predicted molar refractivity (Wildman–Crippen MR) is 80.8 cm³/mol. The first kappa shape index (κ1) is 14.8. The number of nitrogens with one attached hydrogen (secondary N) is 1. The van der Waals surface area contributed by atoms with E-state index in [1.807, 2.05) is 42.6 Å². The fourth-order valence-corrected chi connectivity index (χ4v) is 2.72. The molecule has 1 amide bonds. The Morgan fingerprint density at radius 3 is 2.85 bits per heavy atom. The first-order valence-electron chi connectivity index (χ1n) is 6.65. The van der Waals surface area contributed by atoms with Crippen molar-refractivity contribution in [2.45, 2.75) is 18.9 Å². The summed E-state index contributed by atoms with van der Waals surface area (Å²) in [6.07, 6.45) is 2.99. The van der Waals surface area contributed by atoms with Crippen molar-refractivity contribution in [1.82, 2.24) is 10.2 Å². The molecule has 0 aliphatic carbocycles. The van der Waals surface area contributed by atoms with E-state index in [4.69, 9.17) is 4.42 Å². The largest absolute Gasteiger partial charge is 0.468 e. The summed E-state index contributed by atoms with van der Waals surface area (Å²) in [6.45, 7) is 0.559. The summed E-state index contributed by atoms with van der Waals surface area (Å²) in [5.41, 5.74) is 0. The summed E-state index contributed by atoms with van der Waals surface area (Å²) < 4.78 is 5.42. The molecule has 2 rings (SSSR count). The van der Waals surface area contributed by atoms with Gasteiger partial charge in [0.2, 0.25) is 5.91 Å². The highest BCUT2D eigenvalue weighted by molar-refractivity contribution is 7.09. The number of furan rings is 1. The Kier molecular flexibility index (Phi) is 5.38. The Morgan fingerprint density at radius 1 is 1.40 bits per heavy atom. The number of hydrogen-bond donors (Lipinski definition) is 1. The molecule has 4 nitrogen and oxygen atoms in total. The van der Waals surface area contributed by atoms with Crippen molar-refractivity contribution >= 4 is 17.2 Å². The number of rotatable bonds is 7. The highest BCUT2D eigenvalue weighted by atomic mass is 32.1. The van der Waals surface area contributed by atoms with E-state index in [0.29, 0.717) is 13.0 Å². The highest BCUT2D eigenvalue weighted by Crippen LogP contribution is 2.17. The molecule has 0 aliphatic rings. The minimum atomic E-state index is 0.0655. The summed E-state index contributed by atoms with van der Waals surface area (Å²) in [6, 6.07) is 7.93. The van der Waals surface area contributed by atoms with Gasteiger partial charge in [0.1, 0.15) is 5.76 Å². The normalized spacial score (nSPS) is 12.6. The molecule has 0 saturated carbocycles. The molecule has 0 fully saturated rings. The van der Waals surface area contributed by atoms with Gasteiger partial charge in [-0.3, -0.25) is 9.69 Å². The topological polar surface area (TPSA) is 45.5 Å². The van der Waals surface area contributed by atoms with Crippen molar-refractivity contribution in [2.75, 3.05) is 20.6 Å². The van der Waals surface area contributed by atoms with Gasteiger partial charge in [-0.25, -0.2) is 0 Å².